The number of sulfonamides is 1. The summed E-state index contributed by atoms with van der Waals surface area (Å²) in [4.78, 5) is 0. The lowest BCUT2D eigenvalue weighted by Crippen LogP contribution is -2.42. The highest BCUT2D eigenvalue weighted by molar-refractivity contribution is 7.89. The molecule has 1 atom stereocenters. The number of aliphatic hydroxyl groups excluding tert-OH is 1. The second-order valence-electron chi connectivity index (χ2n) is 3.47. The van der Waals surface area contributed by atoms with Crippen LogP contribution in [0.2, 0.25) is 0 Å². The first kappa shape index (κ1) is 12.9. The Hall–Kier alpha value is -0.130. The molecular weight excluding hydrogens is 190 g/mol. The van der Waals surface area contributed by atoms with E-state index in [1.165, 1.54) is 0 Å². The van der Waals surface area contributed by atoms with Gasteiger partial charge in [0.2, 0.25) is 10.0 Å². The van der Waals surface area contributed by atoms with Crippen LogP contribution in [0.25, 0.3) is 0 Å². The molecule has 0 saturated carbocycles. The number of hydrogen-bond acceptors (Lipinski definition) is 3. The zero-order valence-electron chi connectivity index (χ0n) is 8.45. The summed E-state index contributed by atoms with van der Waals surface area (Å²) in [6.07, 6.45) is 0.589. The number of hydrogen-bond donors (Lipinski definition) is 2. The first-order chi connectivity index (χ1) is 5.93. The lowest BCUT2D eigenvalue weighted by atomic mass is 10.1. The van der Waals surface area contributed by atoms with E-state index in [2.05, 4.69) is 4.72 Å². The molecule has 0 amide bonds. The molecule has 4 nitrogen and oxygen atoms in total. The molecule has 0 spiro atoms. The van der Waals surface area contributed by atoms with E-state index in [4.69, 9.17) is 5.11 Å². The highest BCUT2D eigenvalue weighted by Gasteiger charge is 2.18. The molecule has 0 aromatic carbocycles. The zero-order chi connectivity index (χ0) is 10.5. The van der Waals surface area contributed by atoms with Crippen molar-refractivity contribution in [3.63, 3.8) is 0 Å². The average Bonchev–Trinajstić information content (AvgIpc) is 1.99. The monoisotopic (exact) mass is 209 g/mol. The molecule has 1 unspecified atom stereocenters. The lowest BCUT2D eigenvalue weighted by Gasteiger charge is -2.19. The van der Waals surface area contributed by atoms with E-state index in [0.29, 0.717) is 6.42 Å². The van der Waals surface area contributed by atoms with E-state index < -0.39 is 10.0 Å². The molecule has 0 radical (unpaired) electrons. The summed E-state index contributed by atoms with van der Waals surface area (Å²) in [6.45, 7) is 5.40. The van der Waals surface area contributed by atoms with Crippen LogP contribution >= 0.6 is 0 Å². The summed E-state index contributed by atoms with van der Waals surface area (Å²) in [6, 6.07) is -0.364. The molecule has 5 heteroatoms. The molecule has 2 N–H and O–H groups in total. The third-order valence-electron chi connectivity index (χ3n) is 1.81. The molecule has 0 aliphatic heterocycles. The Bertz CT molecular complexity index is 224. The summed E-state index contributed by atoms with van der Waals surface area (Å²) >= 11 is 0. The van der Waals surface area contributed by atoms with E-state index in [1.54, 1.807) is 0 Å². The Balaban J connectivity index is 4.23. The van der Waals surface area contributed by atoms with E-state index >= 15 is 0 Å². The molecule has 0 fully saturated rings. The van der Waals surface area contributed by atoms with Crippen molar-refractivity contribution in [3.8, 4) is 0 Å². The van der Waals surface area contributed by atoms with E-state index in [9.17, 15) is 8.42 Å². The van der Waals surface area contributed by atoms with Crippen molar-refractivity contribution in [1.29, 1.82) is 0 Å². The highest BCUT2D eigenvalue weighted by Crippen LogP contribution is 2.02. The maximum atomic E-state index is 11.3. The normalized spacial score (nSPS) is 14.8. The summed E-state index contributed by atoms with van der Waals surface area (Å²) < 4.78 is 25.0. The first-order valence-corrected chi connectivity index (χ1v) is 6.19. The third-order valence-corrected chi connectivity index (χ3v) is 3.41. The van der Waals surface area contributed by atoms with Gasteiger partial charge in [0.15, 0.2) is 0 Å². The smallest absolute Gasteiger partial charge is 0.211 e. The lowest BCUT2D eigenvalue weighted by molar-refractivity contribution is 0.227. The number of aliphatic hydroxyl groups is 1. The Morgan fingerprint density at radius 3 is 2.23 bits per heavy atom. The minimum absolute atomic E-state index is 0.108. The van der Waals surface area contributed by atoms with Crippen molar-refractivity contribution < 1.29 is 13.5 Å². The number of rotatable bonds is 6. The first-order valence-electron chi connectivity index (χ1n) is 4.53. The van der Waals surface area contributed by atoms with Crippen LogP contribution in [0.3, 0.4) is 0 Å². The van der Waals surface area contributed by atoms with Gasteiger partial charge >= 0.3 is 0 Å². The van der Waals surface area contributed by atoms with E-state index in [1.807, 2.05) is 20.8 Å². The maximum Gasteiger partial charge on any atom is 0.211 e. The van der Waals surface area contributed by atoms with Gasteiger partial charge in [0.25, 0.3) is 0 Å². The van der Waals surface area contributed by atoms with Crippen molar-refractivity contribution in [2.45, 2.75) is 33.2 Å². The van der Waals surface area contributed by atoms with Crippen molar-refractivity contribution in [2.24, 2.45) is 5.92 Å². The largest absolute Gasteiger partial charge is 0.395 e. The van der Waals surface area contributed by atoms with Gasteiger partial charge in [-0.1, -0.05) is 20.8 Å². The fourth-order valence-electron chi connectivity index (χ4n) is 0.942. The molecule has 80 valence electrons. The second-order valence-corrected chi connectivity index (χ2v) is 5.34. The van der Waals surface area contributed by atoms with Gasteiger partial charge in [0.05, 0.1) is 12.4 Å². The van der Waals surface area contributed by atoms with Crippen molar-refractivity contribution in [3.05, 3.63) is 0 Å². The van der Waals surface area contributed by atoms with Crippen molar-refractivity contribution in [2.75, 3.05) is 12.4 Å². The van der Waals surface area contributed by atoms with Crippen LogP contribution in [0.1, 0.15) is 27.2 Å². The van der Waals surface area contributed by atoms with Crippen LogP contribution in [0.4, 0.5) is 0 Å². The topological polar surface area (TPSA) is 66.4 Å². The maximum absolute atomic E-state index is 11.3. The summed E-state index contributed by atoms with van der Waals surface area (Å²) in [5.74, 6) is 0.229. The Morgan fingerprint density at radius 2 is 1.92 bits per heavy atom. The van der Waals surface area contributed by atoms with Gasteiger partial charge in [-0.2, -0.15) is 0 Å². The van der Waals surface area contributed by atoms with Crippen LogP contribution in [-0.4, -0.2) is 31.9 Å². The van der Waals surface area contributed by atoms with Crippen LogP contribution in [0, 0.1) is 5.92 Å². The minimum atomic E-state index is -3.20. The Morgan fingerprint density at radius 1 is 1.38 bits per heavy atom. The van der Waals surface area contributed by atoms with Gasteiger partial charge in [-0.25, -0.2) is 13.1 Å². The van der Waals surface area contributed by atoms with Gasteiger partial charge < -0.3 is 5.11 Å². The fraction of sp³-hybridized carbons (Fsp3) is 1.00. The van der Waals surface area contributed by atoms with Gasteiger partial charge in [-0.15, -0.1) is 0 Å². The Kier molecular flexibility index (Phi) is 5.51. The van der Waals surface area contributed by atoms with Crippen LogP contribution < -0.4 is 4.72 Å². The molecule has 0 aromatic heterocycles. The predicted octanol–water partition coefficient (Wildman–Crippen LogP) is 0.333. The molecular formula is C8H19NO3S. The quantitative estimate of drug-likeness (QED) is 0.662. The minimum Gasteiger partial charge on any atom is -0.395 e. The highest BCUT2D eigenvalue weighted by atomic mass is 32.2. The van der Waals surface area contributed by atoms with Crippen LogP contribution in [-0.2, 0) is 10.0 Å². The van der Waals surface area contributed by atoms with Gasteiger partial charge in [-0.05, 0) is 12.3 Å². The summed E-state index contributed by atoms with van der Waals surface area (Å²) in [5, 5.41) is 8.90. The zero-order valence-corrected chi connectivity index (χ0v) is 9.26. The fourth-order valence-corrected chi connectivity index (χ4v) is 2.41. The predicted molar refractivity (Wildman–Crippen MR) is 52.9 cm³/mol. The molecule has 0 heterocycles. The Labute approximate surface area is 80.4 Å². The van der Waals surface area contributed by atoms with Crippen molar-refractivity contribution >= 4 is 10.0 Å². The van der Waals surface area contributed by atoms with Gasteiger partial charge in [-0.3, -0.25) is 0 Å². The standard InChI is InChI=1S/C8H19NO3S/c1-4-5-13(11,12)9-8(6-10)7(2)3/h7-10H,4-6H2,1-3H3. The van der Waals surface area contributed by atoms with Crippen LogP contribution in [0.15, 0.2) is 0 Å². The molecule has 0 aromatic rings. The molecule has 0 saturated heterocycles. The second kappa shape index (κ2) is 5.57. The molecule has 0 aliphatic carbocycles. The average molecular weight is 209 g/mol. The molecule has 0 aliphatic rings. The summed E-state index contributed by atoms with van der Waals surface area (Å²) in [7, 11) is -3.20. The molecule has 13 heavy (non-hydrogen) atoms. The van der Waals surface area contributed by atoms with E-state index in [-0.39, 0.29) is 24.3 Å². The number of nitrogens with one attached hydrogen (secondary N) is 1. The molecule has 0 bridgehead atoms. The van der Waals surface area contributed by atoms with Gasteiger partial charge in [0.1, 0.15) is 0 Å². The SMILES string of the molecule is CCCS(=O)(=O)NC(CO)C(C)C. The van der Waals surface area contributed by atoms with Gasteiger partial charge in [0, 0.05) is 6.04 Å². The van der Waals surface area contributed by atoms with Crippen LogP contribution in [0.5, 0.6) is 0 Å². The van der Waals surface area contributed by atoms with E-state index in [0.717, 1.165) is 0 Å². The summed E-state index contributed by atoms with van der Waals surface area (Å²) in [5.41, 5.74) is 0. The molecule has 0 rings (SSSR count). The third kappa shape index (κ3) is 5.23. The van der Waals surface area contributed by atoms with Crippen molar-refractivity contribution in [1.82, 2.24) is 4.72 Å².